The first-order valence-electron chi connectivity index (χ1n) is 10.5. The van der Waals surface area contributed by atoms with E-state index in [0.29, 0.717) is 43.1 Å². The molecular formula is C22H23N7O3. The molecule has 0 saturated carbocycles. The predicted molar refractivity (Wildman–Crippen MR) is 118 cm³/mol. The minimum absolute atomic E-state index is 0.0363. The van der Waals surface area contributed by atoms with Crippen LogP contribution in [0.25, 0.3) is 16.9 Å². The number of oxazole rings is 1. The van der Waals surface area contributed by atoms with Gasteiger partial charge in [0, 0.05) is 37.9 Å². The van der Waals surface area contributed by atoms with Crippen LogP contribution in [0.3, 0.4) is 0 Å². The number of hydrogen-bond donors (Lipinski definition) is 0. The van der Waals surface area contributed by atoms with E-state index in [4.69, 9.17) is 4.42 Å². The summed E-state index contributed by atoms with van der Waals surface area (Å²) in [5, 5.41) is 4.49. The molecule has 0 aliphatic carbocycles. The van der Waals surface area contributed by atoms with Gasteiger partial charge < -0.3 is 14.2 Å². The molecule has 0 bridgehead atoms. The molecule has 5 rings (SSSR count). The number of para-hydroxylation sites is 2. The van der Waals surface area contributed by atoms with E-state index < -0.39 is 5.76 Å². The van der Waals surface area contributed by atoms with Gasteiger partial charge in [0.15, 0.2) is 11.4 Å². The smallest absolute Gasteiger partial charge is 0.408 e. The van der Waals surface area contributed by atoms with Crippen molar-refractivity contribution in [2.24, 2.45) is 0 Å². The van der Waals surface area contributed by atoms with Crippen LogP contribution in [0.5, 0.6) is 0 Å². The second kappa shape index (κ2) is 7.95. The van der Waals surface area contributed by atoms with Gasteiger partial charge in [0.05, 0.1) is 11.2 Å². The van der Waals surface area contributed by atoms with Gasteiger partial charge in [-0.3, -0.25) is 9.36 Å². The lowest BCUT2D eigenvalue weighted by Crippen LogP contribution is -2.50. The topological polar surface area (TPSA) is 102 Å². The number of aromatic nitrogens is 5. The Bertz CT molecular complexity index is 1350. The fourth-order valence-corrected chi connectivity index (χ4v) is 4.07. The molecule has 10 heteroatoms. The molecule has 3 aromatic heterocycles. The van der Waals surface area contributed by atoms with Gasteiger partial charge in [0.25, 0.3) is 0 Å². The number of carbonyl (C=O) groups is 1. The molecule has 1 fully saturated rings. The van der Waals surface area contributed by atoms with E-state index in [-0.39, 0.29) is 12.5 Å². The standard InChI is InChI=1S/C22H23N7O3/c1-15-11-16(2)29(25-15)20-12-19(23-14-24-20)26-7-9-27(10-8-26)21(30)13-28-17-5-3-4-6-18(17)32-22(28)31/h3-6,11-12,14H,7-10,13H2,1-2H3. The lowest BCUT2D eigenvalue weighted by molar-refractivity contribution is -0.132. The number of fused-ring (bicyclic) bond motifs is 1. The van der Waals surface area contributed by atoms with Crippen LogP contribution in [-0.4, -0.2) is 61.3 Å². The van der Waals surface area contributed by atoms with Crippen LogP contribution >= 0.6 is 0 Å². The van der Waals surface area contributed by atoms with Crippen LogP contribution in [0.15, 0.2) is 51.9 Å². The Morgan fingerprint density at radius 3 is 2.53 bits per heavy atom. The summed E-state index contributed by atoms with van der Waals surface area (Å²) in [6, 6.07) is 11.0. The average molecular weight is 433 g/mol. The Labute approximate surface area is 183 Å². The molecule has 0 atom stereocenters. The number of rotatable bonds is 4. The predicted octanol–water partition coefficient (Wildman–Crippen LogP) is 1.54. The highest BCUT2D eigenvalue weighted by molar-refractivity contribution is 5.79. The van der Waals surface area contributed by atoms with Crippen molar-refractivity contribution in [3.8, 4) is 5.82 Å². The Morgan fingerprint density at radius 1 is 1.03 bits per heavy atom. The van der Waals surface area contributed by atoms with Gasteiger partial charge >= 0.3 is 5.76 Å². The zero-order valence-corrected chi connectivity index (χ0v) is 17.9. The van der Waals surface area contributed by atoms with Crippen LogP contribution in [0.1, 0.15) is 11.4 Å². The second-order valence-corrected chi connectivity index (χ2v) is 7.86. The summed E-state index contributed by atoms with van der Waals surface area (Å²) < 4.78 is 8.41. The summed E-state index contributed by atoms with van der Waals surface area (Å²) in [4.78, 5) is 37.7. The summed E-state index contributed by atoms with van der Waals surface area (Å²) in [5.74, 6) is 0.886. The summed E-state index contributed by atoms with van der Waals surface area (Å²) in [5.41, 5.74) is 3.04. The monoisotopic (exact) mass is 433 g/mol. The number of anilines is 1. The summed E-state index contributed by atoms with van der Waals surface area (Å²) in [6.07, 6.45) is 1.54. The highest BCUT2D eigenvalue weighted by atomic mass is 16.4. The highest BCUT2D eigenvalue weighted by Gasteiger charge is 2.24. The molecule has 32 heavy (non-hydrogen) atoms. The van der Waals surface area contributed by atoms with Gasteiger partial charge in [-0.2, -0.15) is 5.10 Å². The Balaban J connectivity index is 1.27. The minimum atomic E-state index is -0.518. The quantitative estimate of drug-likeness (QED) is 0.481. The number of hydrogen-bond acceptors (Lipinski definition) is 7. The third-order valence-corrected chi connectivity index (χ3v) is 5.69. The van der Waals surface area contributed by atoms with E-state index in [9.17, 15) is 9.59 Å². The SMILES string of the molecule is Cc1cc(C)n(-c2cc(N3CCN(C(=O)Cn4c(=O)oc5ccccc54)CC3)ncn2)n1. The van der Waals surface area contributed by atoms with Crippen molar-refractivity contribution in [3.05, 3.63) is 64.7 Å². The van der Waals surface area contributed by atoms with E-state index in [2.05, 4.69) is 20.0 Å². The fraction of sp³-hybridized carbons (Fsp3) is 0.318. The summed E-state index contributed by atoms with van der Waals surface area (Å²) >= 11 is 0. The first-order valence-corrected chi connectivity index (χ1v) is 10.5. The number of aryl methyl sites for hydroxylation is 2. The van der Waals surface area contributed by atoms with Gasteiger partial charge in [0.2, 0.25) is 5.91 Å². The minimum Gasteiger partial charge on any atom is -0.408 e. The number of amides is 1. The van der Waals surface area contributed by atoms with Crippen molar-refractivity contribution in [2.45, 2.75) is 20.4 Å². The van der Waals surface area contributed by atoms with Crippen molar-refractivity contribution >= 4 is 22.8 Å². The lowest BCUT2D eigenvalue weighted by Gasteiger charge is -2.35. The molecule has 0 radical (unpaired) electrons. The first-order chi connectivity index (χ1) is 15.5. The summed E-state index contributed by atoms with van der Waals surface area (Å²) in [7, 11) is 0. The van der Waals surface area contributed by atoms with E-state index in [1.165, 1.54) is 10.9 Å². The molecule has 1 aliphatic rings. The third kappa shape index (κ3) is 3.64. The van der Waals surface area contributed by atoms with Gasteiger partial charge in [-0.1, -0.05) is 12.1 Å². The van der Waals surface area contributed by atoms with Crippen LogP contribution in [-0.2, 0) is 11.3 Å². The van der Waals surface area contributed by atoms with Crippen LogP contribution in [0, 0.1) is 13.8 Å². The van der Waals surface area contributed by atoms with Crippen molar-refractivity contribution < 1.29 is 9.21 Å². The van der Waals surface area contributed by atoms with Crippen LogP contribution in [0.2, 0.25) is 0 Å². The van der Waals surface area contributed by atoms with Gasteiger partial charge in [-0.25, -0.2) is 19.4 Å². The van der Waals surface area contributed by atoms with E-state index in [0.717, 1.165) is 17.2 Å². The molecule has 0 N–H and O–H groups in total. The van der Waals surface area contributed by atoms with Crippen LogP contribution in [0.4, 0.5) is 5.82 Å². The van der Waals surface area contributed by atoms with E-state index >= 15 is 0 Å². The molecule has 4 aromatic rings. The van der Waals surface area contributed by atoms with Gasteiger partial charge in [-0.15, -0.1) is 0 Å². The average Bonchev–Trinajstić information content (AvgIpc) is 3.31. The Kier molecular flexibility index (Phi) is 4.96. The molecule has 1 amide bonds. The molecule has 1 aliphatic heterocycles. The molecule has 1 saturated heterocycles. The van der Waals surface area contributed by atoms with Crippen molar-refractivity contribution in [1.29, 1.82) is 0 Å². The maximum atomic E-state index is 12.9. The molecule has 1 aromatic carbocycles. The van der Waals surface area contributed by atoms with E-state index in [1.807, 2.05) is 32.0 Å². The molecule has 0 spiro atoms. The molecule has 4 heterocycles. The molecule has 10 nitrogen and oxygen atoms in total. The summed E-state index contributed by atoms with van der Waals surface area (Å²) in [6.45, 7) is 6.26. The van der Waals surface area contributed by atoms with Gasteiger partial charge in [0.1, 0.15) is 18.7 Å². The molecule has 0 unspecified atom stereocenters. The largest absolute Gasteiger partial charge is 0.420 e. The maximum Gasteiger partial charge on any atom is 0.420 e. The fourth-order valence-electron chi connectivity index (χ4n) is 4.07. The zero-order valence-electron chi connectivity index (χ0n) is 17.9. The molecule has 164 valence electrons. The van der Waals surface area contributed by atoms with Crippen molar-refractivity contribution in [2.75, 3.05) is 31.1 Å². The normalized spacial score (nSPS) is 14.3. The first kappa shape index (κ1) is 20.0. The van der Waals surface area contributed by atoms with E-state index in [1.54, 1.807) is 27.8 Å². The Hall–Kier alpha value is -3.95. The highest BCUT2D eigenvalue weighted by Crippen LogP contribution is 2.18. The van der Waals surface area contributed by atoms with Gasteiger partial charge in [-0.05, 0) is 32.0 Å². The lowest BCUT2D eigenvalue weighted by atomic mass is 10.3. The maximum absolute atomic E-state index is 12.9. The third-order valence-electron chi connectivity index (χ3n) is 5.69. The number of piperazine rings is 1. The Morgan fingerprint density at radius 2 is 1.78 bits per heavy atom. The number of nitrogens with zero attached hydrogens (tertiary/aromatic N) is 7. The van der Waals surface area contributed by atoms with Crippen LogP contribution < -0.4 is 10.7 Å². The number of carbonyl (C=O) groups excluding carboxylic acids is 1. The number of benzene rings is 1. The van der Waals surface area contributed by atoms with Crippen molar-refractivity contribution in [3.63, 3.8) is 0 Å². The van der Waals surface area contributed by atoms with Crippen molar-refractivity contribution in [1.82, 2.24) is 29.2 Å². The second-order valence-electron chi connectivity index (χ2n) is 7.86. The zero-order chi connectivity index (χ0) is 22.2. The molecular weight excluding hydrogens is 410 g/mol.